The number of ketones is 1. The standard InChI is InChI=1S/C25H26N4O2/c1-18(30)8-4-2-7-11-22(29-25(31)21-14-12-19(16-26)13-15-21)24-27-17-23(28-24)20-9-5-3-6-10-20/h3,5-6,9-10,12-15,17,22H,2,4,7-8,11H2,1H3,(H,27,28)(H,29,31)/t22-/m0/s1. The minimum atomic E-state index is -0.280. The van der Waals surface area contributed by atoms with E-state index in [1.165, 1.54) is 0 Å². The Balaban J connectivity index is 1.72. The minimum absolute atomic E-state index is 0.198. The fraction of sp³-hybridized carbons (Fsp3) is 0.280. The monoisotopic (exact) mass is 414 g/mol. The molecule has 0 saturated carbocycles. The summed E-state index contributed by atoms with van der Waals surface area (Å²) in [6.45, 7) is 1.61. The highest BCUT2D eigenvalue weighted by Crippen LogP contribution is 2.23. The molecule has 0 aliphatic heterocycles. The summed E-state index contributed by atoms with van der Waals surface area (Å²) >= 11 is 0. The summed E-state index contributed by atoms with van der Waals surface area (Å²) < 4.78 is 0. The molecule has 0 bridgehead atoms. The normalized spacial score (nSPS) is 11.5. The molecule has 0 spiro atoms. The van der Waals surface area contributed by atoms with Crippen LogP contribution in [-0.2, 0) is 4.79 Å². The number of Topliss-reactive ketones (excluding diaryl/α,β-unsaturated/α-hetero) is 1. The molecule has 0 aliphatic rings. The number of rotatable bonds is 10. The molecule has 2 N–H and O–H groups in total. The Morgan fingerprint density at radius 3 is 2.48 bits per heavy atom. The van der Waals surface area contributed by atoms with Gasteiger partial charge in [-0.2, -0.15) is 5.26 Å². The third-order valence-electron chi connectivity index (χ3n) is 5.11. The van der Waals surface area contributed by atoms with Gasteiger partial charge >= 0.3 is 0 Å². The van der Waals surface area contributed by atoms with E-state index in [-0.39, 0.29) is 17.7 Å². The van der Waals surface area contributed by atoms with Gasteiger partial charge in [0.2, 0.25) is 0 Å². The molecule has 6 heteroatoms. The molecule has 31 heavy (non-hydrogen) atoms. The van der Waals surface area contributed by atoms with Crippen molar-refractivity contribution in [2.75, 3.05) is 0 Å². The second kappa shape index (κ2) is 10.9. The molecular formula is C25H26N4O2. The van der Waals surface area contributed by atoms with Crippen LogP contribution in [0.5, 0.6) is 0 Å². The number of imidazole rings is 1. The number of carbonyl (C=O) groups excluding carboxylic acids is 2. The van der Waals surface area contributed by atoms with Crippen molar-refractivity contribution < 1.29 is 9.59 Å². The lowest BCUT2D eigenvalue weighted by molar-refractivity contribution is -0.117. The van der Waals surface area contributed by atoms with Gasteiger partial charge in [0.1, 0.15) is 11.6 Å². The van der Waals surface area contributed by atoms with Crippen LogP contribution in [0, 0.1) is 11.3 Å². The average molecular weight is 415 g/mol. The molecule has 6 nitrogen and oxygen atoms in total. The first kappa shape index (κ1) is 22.0. The largest absolute Gasteiger partial charge is 0.342 e. The Morgan fingerprint density at radius 1 is 1.06 bits per heavy atom. The molecule has 158 valence electrons. The van der Waals surface area contributed by atoms with Crippen molar-refractivity contribution >= 4 is 11.7 Å². The van der Waals surface area contributed by atoms with Crippen LogP contribution in [0.2, 0.25) is 0 Å². The molecule has 3 rings (SSSR count). The molecule has 3 aromatic rings. The summed E-state index contributed by atoms with van der Waals surface area (Å²) in [4.78, 5) is 31.8. The SMILES string of the molecule is CC(=O)CCCCC[C@H](NC(=O)c1ccc(C#N)cc1)c1ncc(-c2ccccc2)[nH]1. The number of nitrogens with zero attached hydrogens (tertiary/aromatic N) is 2. The van der Waals surface area contributed by atoms with Crippen molar-refractivity contribution in [3.05, 3.63) is 77.7 Å². The summed E-state index contributed by atoms with van der Waals surface area (Å²) in [7, 11) is 0. The van der Waals surface area contributed by atoms with Crippen LogP contribution in [-0.4, -0.2) is 21.7 Å². The number of benzene rings is 2. The van der Waals surface area contributed by atoms with Crippen LogP contribution >= 0.6 is 0 Å². The van der Waals surface area contributed by atoms with Crippen LogP contribution in [0.4, 0.5) is 0 Å². The number of unbranched alkanes of at least 4 members (excludes halogenated alkanes) is 2. The number of aromatic nitrogens is 2. The maximum absolute atomic E-state index is 12.8. The Hall–Kier alpha value is -3.72. The van der Waals surface area contributed by atoms with Gasteiger partial charge in [-0.1, -0.05) is 43.2 Å². The van der Waals surface area contributed by atoms with Gasteiger partial charge in [-0.05, 0) is 49.6 Å². The zero-order chi connectivity index (χ0) is 22.1. The van der Waals surface area contributed by atoms with Crippen LogP contribution in [0.1, 0.15) is 66.8 Å². The number of hydrogen-bond donors (Lipinski definition) is 2. The summed E-state index contributed by atoms with van der Waals surface area (Å²) in [5, 5.41) is 12.0. The van der Waals surface area contributed by atoms with E-state index in [1.807, 2.05) is 30.3 Å². The first-order chi connectivity index (χ1) is 15.1. The lowest BCUT2D eigenvalue weighted by atomic mass is 10.0. The van der Waals surface area contributed by atoms with Crippen molar-refractivity contribution in [1.82, 2.24) is 15.3 Å². The number of nitriles is 1. The smallest absolute Gasteiger partial charge is 0.251 e. The molecule has 0 aliphatic carbocycles. The second-order valence-electron chi connectivity index (χ2n) is 7.56. The number of hydrogen-bond acceptors (Lipinski definition) is 4. The van der Waals surface area contributed by atoms with Crippen molar-refractivity contribution in [1.29, 1.82) is 5.26 Å². The van der Waals surface area contributed by atoms with E-state index in [4.69, 9.17) is 5.26 Å². The van der Waals surface area contributed by atoms with E-state index < -0.39 is 0 Å². The second-order valence-corrected chi connectivity index (χ2v) is 7.56. The maximum atomic E-state index is 12.8. The molecular weight excluding hydrogens is 388 g/mol. The van der Waals surface area contributed by atoms with Crippen LogP contribution in [0.25, 0.3) is 11.3 Å². The number of amides is 1. The van der Waals surface area contributed by atoms with Crippen LogP contribution in [0.15, 0.2) is 60.8 Å². The van der Waals surface area contributed by atoms with Gasteiger partial charge in [0.25, 0.3) is 5.91 Å². The van der Waals surface area contributed by atoms with Gasteiger partial charge in [0.15, 0.2) is 0 Å². The van der Waals surface area contributed by atoms with E-state index in [1.54, 1.807) is 37.4 Å². The first-order valence-electron chi connectivity index (χ1n) is 10.5. The number of nitrogens with one attached hydrogen (secondary N) is 2. The van der Waals surface area contributed by atoms with Crippen molar-refractivity contribution in [3.8, 4) is 17.3 Å². The minimum Gasteiger partial charge on any atom is -0.342 e. The van der Waals surface area contributed by atoms with E-state index >= 15 is 0 Å². The maximum Gasteiger partial charge on any atom is 0.251 e. The average Bonchev–Trinajstić information content (AvgIpc) is 3.28. The third kappa shape index (κ3) is 6.38. The summed E-state index contributed by atoms with van der Waals surface area (Å²) in [6, 6.07) is 18.2. The highest BCUT2D eigenvalue weighted by molar-refractivity contribution is 5.94. The first-order valence-corrected chi connectivity index (χ1v) is 10.5. The zero-order valence-corrected chi connectivity index (χ0v) is 17.6. The molecule has 1 atom stereocenters. The lowest BCUT2D eigenvalue weighted by Crippen LogP contribution is -2.29. The van der Waals surface area contributed by atoms with Gasteiger partial charge in [-0.15, -0.1) is 0 Å². The Bertz CT molecular complexity index is 1050. The molecule has 0 unspecified atom stereocenters. The lowest BCUT2D eigenvalue weighted by Gasteiger charge is -2.17. The molecule has 0 fully saturated rings. The van der Waals surface area contributed by atoms with E-state index in [0.29, 0.717) is 29.8 Å². The predicted molar refractivity (Wildman–Crippen MR) is 119 cm³/mol. The fourth-order valence-electron chi connectivity index (χ4n) is 3.39. The number of carbonyl (C=O) groups is 2. The number of H-pyrrole nitrogens is 1. The topological polar surface area (TPSA) is 98.6 Å². The Morgan fingerprint density at radius 2 is 1.81 bits per heavy atom. The van der Waals surface area contributed by atoms with Gasteiger partial charge < -0.3 is 15.1 Å². The molecule has 1 aromatic heterocycles. The van der Waals surface area contributed by atoms with Crippen molar-refractivity contribution in [2.24, 2.45) is 0 Å². The Labute approximate surface area is 182 Å². The molecule has 0 saturated heterocycles. The highest BCUT2D eigenvalue weighted by atomic mass is 16.1. The summed E-state index contributed by atoms with van der Waals surface area (Å²) in [5.74, 6) is 0.688. The van der Waals surface area contributed by atoms with E-state index in [9.17, 15) is 9.59 Å². The summed E-state index contributed by atoms with van der Waals surface area (Å²) in [6.07, 6.45) is 5.70. The van der Waals surface area contributed by atoms with Gasteiger partial charge in [0, 0.05) is 12.0 Å². The van der Waals surface area contributed by atoms with Crippen molar-refractivity contribution in [3.63, 3.8) is 0 Å². The van der Waals surface area contributed by atoms with Crippen LogP contribution < -0.4 is 5.32 Å². The van der Waals surface area contributed by atoms with Crippen LogP contribution in [0.3, 0.4) is 0 Å². The molecule has 0 radical (unpaired) electrons. The fourth-order valence-corrected chi connectivity index (χ4v) is 3.39. The van der Waals surface area contributed by atoms with E-state index in [0.717, 1.165) is 30.5 Å². The Kier molecular flexibility index (Phi) is 7.72. The molecule has 1 heterocycles. The zero-order valence-electron chi connectivity index (χ0n) is 17.6. The molecule has 2 aromatic carbocycles. The van der Waals surface area contributed by atoms with E-state index in [2.05, 4.69) is 21.4 Å². The third-order valence-corrected chi connectivity index (χ3v) is 5.11. The molecule has 1 amide bonds. The quantitative estimate of drug-likeness (QED) is 0.458. The van der Waals surface area contributed by atoms with Crippen molar-refractivity contribution in [2.45, 2.75) is 45.1 Å². The van der Waals surface area contributed by atoms with Gasteiger partial charge in [-0.25, -0.2) is 4.98 Å². The van der Waals surface area contributed by atoms with Gasteiger partial charge in [-0.3, -0.25) is 4.79 Å². The van der Waals surface area contributed by atoms with Gasteiger partial charge in [0.05, 0.1) is 29.6 Å². The predicted octanol–water partition coefficient (Wildman–Crippen LogP) is 4.96. The highest BCUT2D eigenvalue weighted by Gasteiger charge is 2.19. The number of aromatic amines is 1. The summed E-state index contributed by atoms with van der Waals surface area (Å²) in [5.41, 5.74) is 2.93.